The van der Waals surface area contributed by atoms with Gasteiger partial charge < -0.3 is 14.7 Å². The number of phenols is 1. The second-order valence-corrected chi connectivity index (χ2v) is 4.58. The van der Waals surface area contributed by atoms with Gasteiger partial charge in [-0.15, -0.1) is 0 Å². The summed E-state index contributed by atoms with van der Waals surface area (Å²) in [5, 5.41) is 10.1. The molecule has 0 aromatic heterocycles. The van der Waals surface area contributed by atoms with Crippen LogP contribution in [0.25, 0.3) is 0 Å². The minimum absolute atomic E-state index is 0.0543. The highest BCUT2D eigenvalue weighted by molar-refractivity contribution is 9.09. The lowest BCUT2D eigenvalue weighted by Gasteiger charge is -2.34. The number of rotatable bonds is 2. The number of benzene rings is 1. The normalized spacial score (nSPS) is 20.3. The summed E-state index contributed by atoms with van der Waals surface area (Å²) in [6.45, 7) is 1.70. The Kier molecular flexibility index (Phi) is 4.02. The van der Waals surface area contributed by atoms with Crippen molar-refractivity contribution in [3.8, 4) is 5.75 Å². The summed E-state index contributed by atoms with van der Waals surface area (Å²) in [6, 6.07) is 6.48. The number of halogens is 1. The number of ether oxygens (including phenoxy) is 1. The summed E-state index contributed by atoms with van der Waals surface area (Å²) in [6.07, 6.45) is 0. The van der Waals surface area contributed by atoms with Crippen LogP contribution in [0, 0.1) is 0 Å². The van der Waals surface area contributed by atoms with Gasteiger partial charge in [-0.3, -0.25) is 4.79 Å². The number of alkyl halides is 1. The highest BCUT2D eigenvalue weighted by atomic mass is 79.9. The Labute approximate surface area is 108 Å². The van der Waals surface area contributed by atoms with Gasteiger partial charge in [-0.05, 0) is 18.2 Å². The van der Waals surface area contributed by atoms with Crippen LogP contribution in [0.2, 0.25) is 0 Å². The van der Waals surface area contributed by atoms with E-state index in [0.29, 0.717) is 30.7 Å². The smallest absolute Gasteiger partial charge is 0.254 e. The van der Waals surface area contributed by atoms with Crippen molar-refractivity contribution in [1.82, 2.24) is 4.90 Å². The number of carbonyl (C=O) groups is 1. The predicted octanol–water partition coefficient (Wildman–Crippen LogP) is 1.63. The summed E-state index contributed by atoms with van der Waals surface area (Å²) >= 11 is 3.38. The van der Waals surface area contributed by atoms with Crippen LogP contribution in [0.1, 0.15) is 10.4 Å². The fraction of sp³-hybridized carbons (Fsp3) is 0.417. The van der Waals surface area contributed by atoms with Gasteiger partial charge in [-0.2, -0.15) is 0 Å². The Hall–Kier alpha value is -1.07. The molecule has 1 unspecified atom stereocenters. The van der Waals surface area contributed by atoms with Crippen LogP contribution in [-0.2, 0) is 4.74 Å². The molecule has 0 spiro atoms. The lowest BCUT2D eigenvalue weighted by molar-refractivity contribution is 0.00523. The van der Waals surface area contributed by atoms with Crippen LogP contribution >= 0.6 is 15.9 Å². The van der Waals surface area contributed by atoms with Gasteiger partial charge in [-0.1, -0.05) is 22.0 Å². The zero-order chi connectivity index (χ0) is 12.3. The second kappa shape index (κ2) is 5.51. The molecule has 1 amide bonds. The van der Waals surface area contributed by atoms with E-state index >= 15 is 0 Å². The van der Waals surface area contributed by atoms with Crippen molar-refractivity contribution in [2.24, 2.45) is 0 Å². The molecule has 17 heavy (non-hydrogen) atoms. The summed E-state index contributed by atoms with van der Waals surface area (Å²) in [7, 11) is 0. The Balaban J connectivity index is 2.18. The summed E-state index contributed by atoms with van der Waals surface area (Å²) in [4.78, 5) is 14.0. The van der Waals surface area contributed by atoms with Gasteiger partial charge >= 0.3 is 0 Å². The van der Waals surface area contributed by atoms with Gasteiger partial charge in [0, 0.05) is 17.4 Å². The number of hydrogen-bond acceptors (Lipinski definition) is 3. The molecule has 1 heterocycles. The summed E-state index contributed by atoms with van der Waals surface area (Å²) < 4.78 is 5.34. The van der Waals surface area contributed by atoms with E-state index in [4.69, 9.17) is 4.74 Å². The van der Waals surface area contributed by atoms with Gasteiger partial charge in [0.25, 0.3) is 5.91 Å². The number of aromatic hydroxyl groups is 1. The Morgan fingerprint density at radius 1 is 1.59 bits per heavy atom. The SMILES string of the molecule is O=C(c1cccc(O)c1)N1CCOCC1CBr. The average molecular weight is 300 g/mol. The number of amides is 1. The Morgan fingerprint density at radius 2 is 2.41 bits per heavy atom. The molecule has 1 aliphatic heterocycles. The summed E-state index contributed by atoms with van der Waals surface area (Å²) in [5.41, 5.74) is 0.512. The lowest BCUT2D eigenvalue weighted by Crippen LogP contribution is -2.49. The van der Waals surface area contributed by atoms with E-state index in [1.165, 1.54) is 6.07 Å². The molecule has 0 aliphatic carbocycles. The number of morpholine rings is 1. The van der Waals surface area contributed by atoms with Gasteiger partial charge in [0.2, 0.25) is 0 Å². The maximum atomic E-state index is 12.3. The van der Waals surface area contributed by atoms with E-state index in [1.807, 2.05) is 0 Å². The molecule has 4 nitrogen and oxygen atoms in total. The maximum Gasteiger partial charge on any atom is 0.254 e. The molecule has 0 saturated carbocycles. The van der Waals surface area contributed by atoms with Crippen molar-refractivity contribution >= 4 is 21.8 Å². The Morgan fingerprint density at radius 3 is 3.12 bits per heavy atom. The van der Waals surface area contributed by atoms with E-state index in [0.717, 1.165) is 0 Å². The zero-order valence-electron chi connectivity index (χ0n) is 9.30. The van der Waals surface area contributed by atoms with Crippen molar-refractivity contribution in [2.45, 2.75) is 6.04 Å². The largest absolute Gasteiger partial charge is 0.508 e. The number of carbonyl (C=O) groups excluding carboxylic acids is 1. The second-order valence-electron chi connectivity index (χ2n) is 3.93. The van der Waals surface area contributed by atoms with E-state index in [-0.39, 0.29) is 17.7 Å². The molecule has 0 bridgehead atoms. The molecule has 5 heteroatoms. The molecule has 1 atom stereocenters. The molecule has 1 aromatic rings. The van der Waals surface area contributed by atoms with Crippen molar-refractivity contribution < 1.29 is 14.6 Å². The van der Waals surface area contributed by atoms with Crippen LogP contribution in [0.4, 0.5) is 0 Å². The minimum Gasteiger partial charge on any atom is -0.508 e. The first-order valence-electron chi connectivity index (χ1n) is 5.46. The van der Waals surface area contributed by atoms with Crippen molar-refractivity contribution in [3.05, 3.63) is 29.8 Å². The standard InChI is InChI=1S/C12H14BrNO3/c13-7-10-8-17-5-4-14(10)12(16)9-2-1-3-11(15)6-9/h1-3,6,10,15H,4-5,7-8H2. The van der Waals surface area contributed by atoms with Crippen LogP contribution in [0.3, 0.4) is 0 Å². The molecule has 1 aromatic carbocycles. The van der Waals surface area contributed by atoms with Gasteiger partial charge in [0.05, 0.1) is 19.3 Å². The fourth-order valence-electron chi connectivity index (χ4n) is 1.85. The molecule has 1 fully saturated rings. The molecular formula is C12H14BrNO3. The van der Waals surface area contributed by atoms with Gasteiger partial charge in [-0.25, -0.2) is 0 Å². The Bertz CT molecular complexity index is 410. The third kappa shape index (κ3) is 2.79. The number of hydrogen-bond donors (Lipinski definition) is 1. The van der Waals surface area contributed by atoms with Crippen LogP contribution in [0.15, 0.2) is 24.3 Å². The number of phenolic OH excluding ortho intramolecular Hbond substituents is 1. The first kappa shape index (κ1) is 12.4. The topological polar surface area (TPSA) is 49.8 Å². The van der Waals surface area contributed by atoms with Gasteiger partial charge in [0.15, 0.2) is 0 Å². The highest BCUT2D eigenvalue weighted by Gasteiger charge is 2.27. The van der Waals surface area contributed by atoms with E-state index in [1.54, 1.807) is 23.1 Å². The number of nitrogens with zero attached hydrogens (tertiary/aromatic N) is 1. The van der Waals surface area contributed by atoms with Crippen molar-refractivity contribution in [1.29, 1.82) is 0 Å². The molecule has 92 valence electrons. The molecule has 2 rings (SSSR count). The summed E-state index contributed by atoms with van der Waals surface area (Å²) in [5.74, 6) is 0.0492. The van der Waals surface area contributed by atoms with E-state index < -0.39 is 0 Å². The van der Waals surface area contributed by atoms with Crippen LogP contribution in [0.5, 0.6) is 5.75 Å². The predicted molar refractivity (Wildman–Crippen MR) is 67.5 cm³/mol. The fourth-order valence-corrected chi connectivity index (χ4v) is 2.39. The minimum atomic E-state index is -0.0614. The molecule has 1 saturated heterocycles. The van der Waals surface area contributed by atoms with Crippen LogP contribution in [-0.4, -0.2) is 47.0 Å². The van der Waals surface area contributed by atoms with E-state index in [2.05, 4.69) is 15.9 Å². The van der Waals surface area contributed by atoms with Crippen molar-refractivity contribution in [2.75, 3.05) is 25.1 Å². The van der Waals surface area contributed by atoms with Crippen LogP contribution < -0.4 is 0 Å². The molecule has 1 N–H and O–H groups in total. The zero-order valence-corrected chi connectivity index (χ0v) is 10.9. The average Bonchev–Trinajstić information content (AvgIpc) is 2.38. The highest BCUT2D eigenvalue weighted by Crippen LogP contribution is 2.17. The third-order valence-electron chi connectivity index (χ3n) is 2.76. The third-order valence-corrected chi connectivity index (χ3v) is 3.51. The molecule has 1 aliphatic rings. The van der Waals surface area contributed by atoms with Crippen molar-refractivity contribution in [3.63, 3.8) is 0 Å². The lowest BCUT2D eigenvalue weighted by atomic mass is 10.1. The molecular weight excluding hydrogens is 286 g/mol. The monoisotopic (exact) mass is 299 g/mol. The maximum absolute atomic E-state index is 12.3. The van der Waals surface area contributed by atoms with E-state index in [9.17, 15) is 9.90 Å². The first-order valence-corrected chi connectivity index (χ1v) is 6.58. The molecule has 0 radical (unpaired) electrons. The van der Waals surface area contributed by atoms with Gasteiger partial charge in [0.1, 0.15) is 5.75 Å². The quantitative estimate of drug-likeness (QED) is 0.845. The first-order chi connectivity index (χ1) is 8.22.